The Balaban J connectivity index is 1.97. The van der Waals surface area contributed by atoms with Gasteiger partial charge in [-0.2, -0.15) is 0 Å². The van der Waals surface area contributed by atoms with Crippen molar-refractivity contribution in [2.24, 2.45) is 23.0 Å². The summed E-state index contributed by atoms with van der Waals surface area (Å²) < 4.78 is 0. The largest absolute Gasteiger partial charge is 0.339 e. The van der Waals surface area contributed by atoms with E-state index in [9.17, 15) is 4.79 Å². The Kier molecular flexibility index (Phi) is 5.70. The first kappa shape index (κ1) is 16.8. The minimum Gasteiger partial charge on any atom is -0.339 e. The van der Waals surface area contributed by atoms with Crippen LogP contribution in [0.5, 0.6) is 0 Å². The number of carbonyl (C=O) groups excluding carboxylic acids is 1. The Hall–Kier alpha value is -0.570. The van der Waals surface area contributed by atoms with Crippen LogP contribution in [0.2, 0.25) is 0 Å². The fourth-order valence-corrected chi connectivity index (χ4v) is 3.70. The Morgan fingerprint density at radius 2 is 1.76 bits per heavy atom. The minimum absolute atomic E-state index is 0.00851. The molecule has 0 saturated heterocycles. The van der Waals surface area contributed by atoms with Crippen molar-refractivity contribution < 1.29 is 4.79 Å². The molecule has 122 valence electrons. The molecule has 0 heterocycles. The van der Waals surface area contributed by atoms with Crippen molar-refractivity contribution in [3.63, 3.8) is 0 Å². The molecule has 0 aromatic carbocycles. The molecule has 3 heteroatoms. The number of amides is 1. The van der Waals surface area contributed by atoms with Gasteiger partial charge in [0.2, 0.25) is 5.91 Å². The first-order valence-corrected chi connectivity index (χ1v) is 8.91. The van der Waals surface area contributed by atoms with Gasteiger partial charge in [-0.15, -0.1) is 0 Å². The lowest BCUT2D eigenvalue weighted by Crippen LogP contribution is -2.44. The van der Waals surface area contributed by atoms with Crippen molar-refractivity contribution >= 4 is 5.91 Å². The number of nitrogens with zero attached hydrogens (tertiary/aromatic N) is 1. The number of carbonyl (C=O) groups is 1. The van der Waals surface area contributed by atoms with E-state index in [1.165, 1.54) is 44.9 Å². The molecule has 0 bridgehead atoms. The third-order valence-corrected chi connectivity index (χ3v) is 4.94. The average Bonchev–Trinajstić information content (AvgIpc) is 3.26. The number of hydrogen-bond acceptors (Lipinski definition) is 2. The molecule has 3 nitrogen and oxygen atoms in total. The highest BCUT2D eigenvalue weighted by atomic mass is 16.2. The molecule has 2 aliphatic carbocycles. The molecule has 1 unspecified atom stereocenters. The fourth-order valence-electron chi connectivity index (χ4n) is 3.70. The lowest BCUT2D eigenvalue weighted by atomic mass is 9.83. The van der Waals surface area contributed by atoms with Crippen LogP contribution in [0.3, 0.4) is 0 Å². The highest BCUT2D eigenvalue weighted by Gasteiger charge is 2.37. The van der Waals surface area contributed by atoms with Crippen molar-refractivity contribution in [2.75, 3.05) is 13.1 Å². The summed E-state index contributed by atoms with van der Waals surface area (Å²) >= 11 is 0. The number of hydrogen-bond donors (Lipinski definition) is 1. The summed E-state index contributed by atoms with van der Waals surface area (Å²) in [5, 5.41) is 0. The Morgan fingerprint density at radius 3 is 2.24 bits per heavy atom. The predicted molar refractivity (Wildman–Crippen MR) is 87.9 cm³/mol. The van der Waals surface area contributed by atoms with E-state index in [0.717, 1.165) is 18.9 Å². The molecular formula is C18H34N2O. The lowest BCUT2D eigenvalue weighted by molar-refractivity contribution is -0.137. The zero-order valence-electron chi connectivity index (χ0n) is 14.2. The Labute approximate surface area is 130 Å². The molecular weight excluding hydrogens is 260 g/mol. The molecule has 0 spiro atoms. The monoisotopic (exact) mass is 294 g/mol. The first-order valence-electron chi connectivity index (χ1n) is 8.91. The highest BCUT2D eigenvalue weighted by Crippen LogP contribution is 2.34. The maximum Gasteiger partial charge on any atom is 0.227 e. The highest BCUT2D eigenvalue weighted by molar-refractivity contribution is 5.79. The summed E-state index contributed by atoms with van der Waals surface area (Å²) in [6, 6.07) is 0.522. The van der Waals surface area contributed by atoms with Gasteiger partial charge in [0.1, 0.15) is 0 Å². The molecule has 1 atom stereocenters. The summed E-state index contributed by atoms with van der Waals surface area (Å²) in [5.74, 6) is 1.08. The van der Waals surface area contributed by atoms with E-state index < -0.39 is 0 Å². The van der Waals surface area contributed by atoms with Gasteiger partial charge in [-0.1, -0.05) is 40.0 Å². The van der Waals surface area contributed by atoms with Gasteiger partial charge >= 0.3 is 0 Å². The van der Waals surface area contributed by atoms with E-state index in [2.05, 4.69) is 25.7 Å². The van der Waals surface area contributed by atoms with Gasteiger partial charge < -0.3 is 10.6 Å². The lowest BCUT2D eigenvalue weighted by Gasteiger charge is -2.34. The van der Waals surface area contributed by atoms with Crippen LogP contribution in [0.1, 0.15) is 72.1 Å². The normalized spacial score (nSPS) is 22.1. The third-order valence-electron chi connectivity index (χ3n) is 4.94. The van der Waals surface area contributed by atoms with Crippen molar-refractivity contribution in [3.05, 3.63) is 0 Å². The Bertz CT molecular complexity index is 338. The van der Waals surface area contributed by atoms with Crippen molar-refractivity contribution in [1.29, 1.82) is 0 Å². The SMILES string of the molecule is CC(C)(C)CC(CN)C(=O)N(CC1CCCCC1)C1CC1. The molecule has 2 rings (SSSR count). The van der Waals surface area contributed by atoms with E-state index in [-0.39, 0.29) is 11.3 Å². The topological polar surface area (TPSA) is 46.3 Å². The van der Waals surface area contributed by atoms with Gasteiger partial charge in [0.15, 0.2) is 0 Å². The maximum atomic E-state index is 13.0. The molecule has 2 saturated carbocycles. The molecule has 2 aliphatic rings. The molecule has 2 N–H and O–H groups in total. The van der Waals surface area contributed by atoms with E-state index in [1.807, 2.05) is 0 Å². The second-order valence-corrected chi connectivity index (χ2v) is 8.42. The van der Waals surface area contributed by atoms with Crippen LogP contribution in [0.4, 0.5) is 0 Å². The standard InChI is InChI=1S/C18H34N2O/c1-18(2,3)11-15(12-19)17(21)20(16-9-10-16)13-14-7-5-4-6-8-14/h14-16H,4-13,19H2,1-3H3. The minimum atomic E-state index is 0.00851. The number of nitrogens with two attached hydrogens (primary N) is 1. The van der Waals surface area contributed by atoms with Gasteiger partial charge in [-0.25, -0.2) is 0 Å². The average molecular weight is 294 g/mol. The van der Waals surface area contributed by atoms with Crippen LogP contribution >= 0.6 is 0 Å². The van der Waals surface area contributed by atoms with E-state index in [4.69, 9.17) is 5.73 Å². The third kappa shape index (κ3) is 5.28. The smallest absolute Gasteiger partial charge is 0.227 e. The first-order chi connectivity index (χ1) is 9.90. The van der Waals surface area contributed by atoms with Crippen molar-refractivity contribution in [2.45, 2.75) is 78.2 Å². The maximum absolute atomic E-state index is 13.0. The van der Waals surface area contributed by atoms with Crippen molar-refractivity contribution in [3.8, 4) is 0 Å². The second kappa shape index (κ2) is 7.13. The van der Waals surface area contributed by atoms with Crippen LogP contribution in [-0.2, 0) is 4.79 Å². The van der Waals surface area contributed by atoms with Crippen LogP contribution < -0.4 is 5.73 Å². The molecule has 1 amide bonds. The van der Waals surface area contributed by atoms with Gasteiger partial charge in [0.05, 0.1) is 5.92 Å². The van der Waals surface area contributed by atoms with Gasteiger partial charge in [0, 0.05) is 19.1 Å². The molecule has 0 radical (unpaired) electrons. The summed E-state index contributed by atoms with van der Waals surface area (Å²) in [4.78, 5) is 15.2. The molecule has 0 aromatic rings. The van der Waals surface area contributed by atoms with Gasteiger partial charge in [-0.05, 0) is 43.4 Å². The van der Waals surface area contributed by atoms with Crippen LogP contribution in [0, 0.1) is 17.3 Å². The molecule has 21 heavy (non-hydrogen) atoms. The summed E-state index contributed by atoms with van der Waals surface area (Å²) in [6.45, 7) is 8.08. The predicted octanol–water partition coefficient (Wildman–Crippen LogP) is 3.57. The fraction of sp³-hybridized carbons (Fsp3) is 0.944. The molecule has 0 aromatic heterocycles. The van der Waals surface area contributed by atoms with Crippen LogP contribution in [0.25, 0.3) is 0 Å². The number of rotatable bonds is 6. The molecule has 2 fully saturated rings. The molecule has 0 aliphatic heterocycles. The van der Waals surface area contributed by atoms with Crippen LogP contribution in [0.15, 0.2) is 0 Å². The van der Waals surface area contributed by atoms with Gasteiger partial charge in [-0.3, -0.25) is 4.79 Å². The zero-order valence-corrected chi connectivity index (χ0v) is 14.2. The zero-order chi connectivity index (χ0) is 15.5. The Morgan fingerprint density at radius 1 is 1.14 bits per heavy atom. The quantitative estimate of drug-likeness (QED) is 0.814. The van der Waals surface area contributed by atoms with E-state index >= 15 is 0 Å². The second-order valence-electron chi connectivity index (χ2n) is 8.42. The van der Waals surface area contributed by atoms with E-state index in [0.29, 0.717) is 18.5 Å². The summed E-state index contributed by atoms with van der Waals surface area (Å²) in [6.07, 6.45) is 9.99. The van der Waals surface area contributed by atoms with Gasteiger partial charge in [0.25, 0.3) is 0 Å². The summed E-state index contributed by atoms with van der Waals surface area (Å²) in [7, 11) is 0. The summed E-state index contributed by atoms with van der Waals surface area (Å²) in [5.41, 5.74) is 6.09. The van der Waals surface area contributed by atoms with E-state index in [1.54, 1.807) is 0 Å². The van der Waals surface area contributed by atoms with Crippen LogP contribution in [-0.4, -0.2) is 29.9 Å². The van der Waals surface area contributed by atoms with Crippen molar-refractivity contribution in [1.82, 2.24) is 4.90 Å².